The number of carbonyl (C=O) groups excluding carboxylic acids is 1. The predicted octanol–water partition coefficient (Wildman–Crippen LogP) is 3.68. The quantitative estimate of drug-likeness (QED) is 0.900. The van der Waals surface area contributed by atoms with E-state index in [1.54, 1.807) is 6.20 Å². The van der Waals surface area contributed by atoms with Gasteiger partial charge in [-0.15, -0.1) is 0 Å². The van der Waals surface area contributed by atoms with E-state index in [2.05, 4.69) is 21.5 Å². The summed E-state index contributed by atoms with van der Waals surface area (Å²) in [6, 6.07) is 7.61. The number of amides is 1. The van der Waals surface area contributed by atoms with Crippen LogP contribution in [-0.4, -0.2) is 20.7 Å². The molecule has 0 aliphatic heterocycles. The normalized spacial score (nSPS) is 30.9. The number of aromatic nitrogens is 3. The number of nitriles is 1. The third kappa shape index (κ3) is 2.91. The molecule has 1 N–H and O–H groups in total. The molecule has 0 aromatic carbocycles. The van der Waals surface area contributed by atoms with Crippen molar-refractivity contribution in [3.8, 4) is 11.9 Å². The minimum atomic E-state index is -0.00821. The van der Waals surface area contributed by atoms with Crippen LogP contribution in [0.4, 0.5) is 5.82 Å². The maximum atomic E-state index is 13.0. The lowest BCUT2D eigenvalue weighted by atomic mass is 9.49. The molecule has 138 valence electrons. The smallest absolute Gasteiger partial charge is 0.226 e. The second-order valence-electron chi connectivity index (χ2n) is 8.76. The van der Waals surface area contributed by atoms with E-state index in [1.807, 2.05) is 18.2 Å². The molecule has 4 saturated carbocycles. The third-order valence-electron chi connectivity index (χ3n) is 6.71. The van der Waals surface area contributed by atoms with Crippen LogP contribution in [0.15, 0.2) is 30.6 Å². The van der Waals surface area contributed by atoms with Gasteiger partial charge < -0.3 is 5.32 Å². The maximum Gasteiger partial charge on any atom is 0.226 e. The van der Waals surface area contributed by atoms with Crippen LogP contribution in [0.2, 0.25) is 0 Å². The molecule has 2 aromatic heterocycles. The molecule has 0 radical (unpaired) electrons. The van der Waals surface area contributed by atoms with Crippen LogP contribution < -0.4 is 5.32 Å². The lowest BCUT2D eigenvalue weighted by Gasteiger charge is -2.56. The first kappa shape index (κ1) is 16.5. The molecule has 6 nitrogen and oxygen atoms in total. The third-order valence-corrected chi connectivity index (χ3v) is 6.71. The summed E-state index contributed by atoms with van der Waals surface area (Å²) >= 11 is 0. The zero-order chi connectivity index (χ0) is 18.4. The van der Waals surface area contributed by atoms with Gasteiger partial charge in [0.2, 0.25) is 5.91 Å². The van der Waals surface area contributed by atoms with E-state index in [0.717, 1.165) is 17.8 Å². The Hall–Kier alpha value is -2.68. The highest BCUT2D eigenvalue weighted by Gasteiger charge is 2.51. The average Bonchev–Trinajstić information content (AvgIpc) is 3.03. The number of nitrogens with zero attached hydrogens (tertiary/aromatic N) is 4. The molecule has 2 aromatic rings. The molecule has 4 aliphatic carbocycles. The molecular weight excluding hydrogens is 338 g/mol. The maximum absolute atomic E-state index is 13.0. The van der Waals surface area contributed by atoms with Gasteiger partial charge >= 0.3 is 0 Å². The minimum Gasteiger partial charge on any atom is -0.309 e. The molecular formula is C21H23N5O. The number of anilines is 1. The fourth-order valence-electron chi connectivity index (χ4n) is 6.23. The minimum absolute atomic E-state index is 0.00821. The predicted molar refractivity (Wildman–Crippen MR) is 99.9 cm³/mol. The molecule has 0 spiro atoms. The van der Waals surface area contributed by atoms with Gasteiger partial charge in [-0.25, -0.2) is 4.98 Å². The Morgan fingerprint density at radius 1 is 1.22 bits per heavy atom. The highest BCUT2D eigenvalue weighted by Crippen LogP contribution is 2.61. The van der Waals surface area contributed by atoms with Gasteiger partial charge in [-0.05, 0) is 73.8 Å². The number of pyridine rings is 1. The summed E-state index contributed by atoms with van der Waals surface area (Å²) in [5, 5.41) is 16.7. The van der Waals surface area contributed by atoms with E-state index >= 15 is 0 Å². The first-order valence-electron chi connectivity index (χ1n) is 9.83. The lowest BCUT2D eigenvalue weighted by Crippen LogP contribution is -2.47. The molecule has 0 atom stereocenters. The molecule has 4 aliphatic rings. The second-order valence-corrected chi connectivity index (χ2v) is 8.76. The van der Waals surface area contributed by atoms with Gasteiger partial charge in [0.05, 0.1) is 6.20 Å². The molecule has 0 saturated heterocycles. The van der Waals surface area contributed by atoms with E-state index in [-0.39, 0.29) is 11.3 Å². The van der Waals surface area contributed by atoms with E-state index in [9.17, 15) is 10.1 Å². The summed E-state index contributed by atoms with van der Waals surface area (Å²) in [6.07, 6.45) is 11.4. The monoisotopic (exact) mass is 361 g/mol. The van der Waals surface area contributed by atoms with Crippen molar-refractivity contribution in [2.45, 2.75) is 44.9 Å². The van der Waals surface area contributed by atoms with Gasteiger partial charge in [0.25, 0.3) is 0 Å². The Labute approximate surface area is 158 Å². The van der Waals surface area contributed by atoms with Crippen LogP contribution in [-0.2, 0) is 4.79 Å². The van der Waals surface area contributed by atoms with Crippen molar-refractivity contribution in [3.05, 3.63) is 36.2 Å². The van der Waals surface area contributed by atoms with Crippen molar-refractivity contribution >= 4 is 11.7 Å². The van der Waals surface area contributed by atoms with E-state index < -0.39 is 0 Å². The number of carbonyl (C=O) groups is 1. The Kier molecular flexibility index (Phi) is 3.78. The van der Waals surface area contributed by atoms with Gasteiger partial charge in [0.1, 0.15) is 11.6 Å². The van der Waals surface area contributed by atoms with Crippen LogP contribution in [0.3, 0.4) is 0 Å². The van der Waals surface area contributed by atoms with Crippen LogP contribution in [0.1, 0.15) is 50.5 Å². The SMILES string of the molecule is N#Cc1cnn(-c2ccccn2)c1NC(=O)CC12CC3CC(CC(C3)C1)C2. The van der Waals surface area contributed by atoms with Crippen LogP contribution in [0.5, 0.6) is 0 Å². The van der Waals surface area contributed by atoms with Crippen molar-refractivity contribution in [1.29, 1.82) is 5.26 Å². The summed E-state index contributed by atoms with van der Waals surface area (Å²) in [7, 11) is 0. The number of hydrogen-bond donors (Lipinski definition) is 1. The summed E-state index contributed by atoms with van der Waals surface area (Å²) in [5.41, 5.74) is 0.529. The van der Waals surface area contributed by atoms with Crippen LogP contribution >= 0.6 is 0 Å². The van der Waals surface area contributed by atoms with Crippen molar-refractivity contribution in [3.63, 3.8) is 0 Å². The molecule has 1 amide bonds. The van der Waals surface area contributed by atoms with Crippen molar-refractivity contribution < 1.29 is 4.79 Å². The Morgan fingerprint density at radius 3 is 2.52 bits per heavy atom. The number of hydrogen-bond acceptors (Lipinski definition) is 4. The lowest BCUT2D eigenvalue weighted by molar-refractivity contribution is -0.124. The van der Waals surface area contributed by atoms with Gasteiger partial charge in [-0.3, -0.25) is 4.79 Å². The van der Waals surface area contributed by atoms with Crippen molar-refractivity contribution in [1.82, 2.24) is 14.8 Å². The summed E-state index contributed by atoms with van der Waals surface area (Å²) in [5.74, 6) is 3.45. The van der Waals surface area contributed by atoms with Crippen molar-refractivity contribution in [2.24, 2.45) is 23.2 Å². The first-order chi connectivity index (χ1) is 13.1. The van der Waals surface area contributed by atoms with Crippen LogP contribution in [0.25, 0.3) is 5.82 Å². The fourth-order valence-corrected chi connectivity index (χ4v) is 6.23. The molecule has 27 heavy (non-hydrogen) atoms. The molecule has 6 heteroatoms. The Morgan fingerprint density at radius 2 is 1.93 bits per heavy atom. The standard InChI is InChI=1S/C21H23N5O/c22-12-17-13-24-26(18-3-1-2-4-23-18)20(17)25-19(27)11-21-8-14-5-15(9-21)7-16(6-14)10-21/h1-4,13-16H,5-11H2,(H,25,27). The van der Waals surface area contributed by atoms with Gasteiger partial charge in [-0.1, -0.05) is 6.07 Å². The number of rotatable bonds is 4. The van der Waals surface area contributed by atoms with E-state index in [4.69, 9.17) is 0 Å². The zero-order valence-corrected chi connectivity index (χ0v) is 15.3. The summed E-state index contributed by atoms with van der Waals surface area (Å²) in [4.78, 5) is 17.2. The molecule has 0 unspecified atom stereocenters. The summed E-state index contributed by atoms with van der Waals surface area (Å²) in [6.45, 7) is 0. The first-order valence-corrected chi connectivity index (χ1v) is 9.83. The fraction of sp³-hybridized carbons (Fsp3) is 0.524. The van der Waals surface area contributed by atoms with Crippen LogP contribution in [0, 0.1) is 34.5 Å². The van der Waals surface area contributed by atoms with Gasteiger partial charge in [0.15, 0.2) is 11.6 Å². The molecule has 4 bridgehead atoms. The van der Waals surface area contributed by atoms with E-state index in [0.29, 0.717) is 23.6 Å². The average molecular weight is 361 g/mol. The van der Waals surface area contributed by atoms with Gasteiger partial charge in [0, 0.05) is 12.6 Å². The summed E-state index contributed by atoms with van der Waals surface area (Å²) < 4.78 is 1.54. The topological polar surface area (TPSA) is 83.6 Å². The zero-order valence-electron chi connectivity index (χ0n) is 15.3. The largest absolute Gasteiger partial charge is 0.309 e. The molecule has 6 rings (SSSR count). The Bertz CT molecular complexity index is 875. The number of nitrogens with one attached hydrogen (secondary N) is 1. The molecule has 4 fully saturated rings. The Balaban J connectivity index is 1.37. The van der Waals surface area contributed by atoms with E-state index in [1.165, 1.54) is 49.4 Å². The highest BCUT2D eigenvalue weighted by atomic mass is 16.1. The van der Waals surface area contributed by atoms with Gasteiger partial charge in [-0.2, -0.15) is 15.0 Å². The van der Waals surface area contributed by atoms with Crippen molar-refractivity contribution in [2.75, 3.05) is 5.32 Å². The second kappa shape index (κ2) is 6.19. The molecule has 2 heterocycles. The highest BCUT2D eigenvalue weighted by molar-refractivity contribution is 5.91.